The third-order valence-corrected chi connectivity index (χ3v) is 8.30. The van der Waals surface area contributed by atoms with Crippen LogP contribution in [0.25, 0.3) is 0 Å². The zero-order chi connectivity index (χ0) is 28.0. The molecule has 2 aliphatic rings. The standard InChI is InChI=1S/C26H34N3O9P/c1-17(26(33)36-19-10-4-2-5-11-19)28-39(34,38-20-12-6-3-7-13-20)35-16-21-22(30)23(31)25(37-21)29-14-8-9-18(15-29)24(27)32/h3,6-9,12-15,17,19,21-23,25,30-31H,2,4-5,10-11,16H2,1H3,(H2-,27,28,32,34)/p+1/t17?,21-,22-,23-,25-,39?/m1/s1. The Morgan fingerprint density at radius 2 is 1.85 bits per heavy atom. The van der Waals surface area contributed by atoms with E-state index in [1.807, 2.05) is 0 Å². The zero-order valence-electron chi connectivity index (χ0n) is 21.6. The van der Waals surface area contributed by atoms with Crippen molar-refractivity contribution in [2.45, 2.75) is 75.7 Å². The lowest BCUT2D eigenvalue weighted by molar-refractivity contribution is -0.765. The number of carbonyl (C=O) groups is 2. The number of nitrogens with one attached hydrogen (secondary N) is 1. The number of aromatic nitrogens is 1. The monoisotopic (exact) mass is 564 g/mol. The largest absolute Gasteiger partial charge is 0.461 e. The van der Waals surface area contributed by atoms with E-state index in [2.05, 4.69) is 5.09 Å². The van der Waals surface area contributed by atoms with Gasteiger partial charge in [0.1, 0.15) is 35.7 Å². The molecule has 2 unspecified atom stereocenters. The van der Waals surface area contributed by atoms with Crippen molar-refractivity contribution in [1.29, 1.82) is 0 Å². The van der Waals surface area contributed by atoms with Gasteiger partial charge >= 0.3 is 13.7 Å². The normalized spacial score (nSPS) is 25.9. The van der Waals surface area contributed by atoms with E-state index >= 15 is 0 Å². The third kappa shape index (κ3) is 7.63. The Morgan fingerprint density at radius 3 is 2.54 bits per heavy atom. The average Bonchev–Trinajstić information content (AvgIpc) is 3.22. The quantitative estimate of drug-likeness (QED) is 0.179. The first-order valence-corrected chi connectivity index (χ1v) is 14.5. The molecule has 0 spiro atoms. The molecule has 2 fully saturated rings. The van der Waals surface area contributed by atoms with Crippen molar-refractivity contribution >= 4 is 19.6 Å². The molecule has 39 heavy (non-hydrogen) atoms. The van der Waals surface area contributed by atoms with Crippen molar-refractivity contribution in [3.63, 3.8) is 0 Å². The maximum Gasteiger partial charge on any atom is 0.459 e. The number of amides is 1. The zero-order valence-corrected chi connectivity index (χ0v) is 22.5. The van der Waals surface area contributed by atoms with Gasteiger partial charge in [0.15, 0.2) is 18.5 Å². The molecule has 4 rings (SSSR count). The first-order valence-electron chi connectivity index (χ1n) is 12.9. The van der Waals surface area contributed by atoms with E-state index in [4.69, 9.17) is 24.3 Å². The number of para-hydroxylation sites is 1. The fraction of sp³-hybridized carbons (Fsp3) is 0.500. The second-order valence-electron chi connectivity index (χ2n) is 9.70. The number of esters is 1. The molecular formula is C26H35N3O9P+. The number of ether oxygens (including phenoxy) is 2. The lowest BCUT2D eigenvalue weighted by Gasteiger charge is -2.26. The van der Waals surface area contributed by atoms with Gasteiger partial charge in [-0.05, 0) is 50.8 Å². The minimum absolute atomic E-state index is 0.182. The fourth-order valence-electron chi connectivity index (χ4n) is 4.53. The minimum atomic E-state index is -4.21. The van der Waals surface area contributed by atoms with Gasteiger partial charge in [0.2, 0.25) is 0 Å². The Kier molecular flexibility index (Phi) is 9.71. The molecule has 5 N–H and O–H groups in total. The maximum atomic E-state index is 13.8. The van der Waals surface area contributed by atoms with Crippen molar-refractivity contribution in [3.05, 3.63) is 60.4 Å². The number of hydrogen-bond acceptors (Lipinski definition) is 9. The van der Waals surface area contributed by atoms with Crippen LogP contribution in [-0.4, -0.2) is 59.2 Å². The van der Waals surface area contributed by atoms with Crippen LogP contribution in [0.3, 0.4) is 0 Å². The van der Waals surface area contributed by atoms with E-state index in [1.54, 1.807) is 42.6 Å². The summed E-state index contributed by atoms with van der Waals surface area (Å²) in [6, 6.07) is 10.3. The molecule has 212 valence electrons. The second-order valence-corrected chi connectivity index (χ2v) is 11.4. The molecular weight excluding hydrogens is 529 g/mol. The molecule has 1 amide bonds. The average molecular weight is 565 g/mol. The Balaban J connectivity index is 1.44. The topological polar surface area (TPSA) is 171 Å². The van der Waals surface area contributed by atoms with Gasteiger partial charge in [-0.25, -0.2) is 4.57 Å². The first-order chi connectivity index (χ1) is 18.6. The first kappa shape index (κ1) is 29.1. The van der Waals surface area contributed by atoms with Crippen LogP contribution in [0.2, 0.25) is 0 Å². The number of rotatable bonds is 11. The summed E-state index contributed by atoms with van der Waals surface area (Å²) in [5.41, 5.74) is 5.51. The summed E-state index contributed by atoms with van der Waals surface area (Å²) >= 11 is 0. The fourth-order valence-corrected chi connectivity index (χ4v) is 6.03. The van der Waals surface area contributed by atoms with Gasteiger partial charge in [0, 0.05) is 6.07 Å². The van der Waals surface area contributed by atoms with Crippen LogP contribution in [0.4, 0.5) is 0 Å². The lowest BCUT2D eigenvalue weighted by Crippen LogP contribution is -2.46. The van der Waals surface area contributed by atoms with Crippen LogP contribution in [0.15, 0.2) is 54.9 Å². The number of carbonyl (C=O) groups excluding carboxylic acids is 2. The summed E-state index contributed by atoms with van der Waals surface area (Å²) in [6.07, 6.45) is 2.40. The number of pyridine rings is 1. The van der Waals surface area contributed by atoms with Crippen LogP contribution in [0.5, 0.6) is 5.75 Å². The number of aliphatic hydroxyl groups excluding tert-OH is 2. The summed E-state index contributed by atoms with van der Waals surface area (Å²) < 4.78 is 37.8. The van der Waals surface area contributed by atoms with Crippen molar-refractivity contribution < 1.29 is 47.5 Å². The van der Waals surface area contributed by atoms with Crippen molar-refractivity contribution in [3.8, 4) is 5.75 Å². The van der Waals surface area contributed by atoms with Gasteiger partial charge in [0.25, 0.3) is 12.1 Å². The highest BCUT2D eigenvalue weighted by Gasteiger charge is 2.49. The Bertz CT molecular complexity index is 1180. The van der Waals surface area contributed by atoms with Crippen molar-refractivity contribution in [2.24, 2.45) is 5.73 Å². The molecule has 13 heteroatoms. The molecule has 12 nitrogen and oxygen atoms in total. The highest BCUT2D eigenvalue weighted by atomic mass is 31.2. The summed E-state index contributed by atoms with van der Waals surface area (Å²) in [7, 11) is -4.21. The molecule has 2 heterocycles. The van der Waals surface area contributed by atoms with Crippen LogP contribution >= 0.6 is 7.75 Å². The van der Waals surface area contributed by atoms with Crippen molar-refractivity contribution in [1.82, 2.24) is 5.09 Å². The molecule has 2 aromatic rings. The SMILES string of the molecule is CC(NP(=O)(OC[C@H]1O[C@@H]([n+]2cccc(C(N)=O)c2)[C@H](O)[C@@H]1O)Oc1ccccc1)C(=O)OC1CCCCC1. The van der Waals surface area contributed by atoms with Crippen LogP contribution in [-0.2, 0) is 23.4 Å². The van der Waals surface area contributed by atoms with Crippen LogP contribution in [0.1, 0.15) is 55.6 Å². The van der Waals surface area contributed by atoms with E-state index in [0.29, 0.717) is 0 Å². The Hall–Kier alpha value is -2.86. The van der Waals surface area contributed by atoms with Gasteiger partial charge < -0.3 is 29.9 Å². The van der Waals surface area contributed by atoms with Gasteiger partial charge in [-0.1, -0.05) is 24.6 Å². The van der Waals surface area contributed by atoms with Gasteiger partial charge in [-0.15, -0.1) is 0 Å². The maximum absolute atomic E-state index is 13.8. The summed E-state index contributed by atoms with van der Waals surface area (Å²) in [6.45, 7) is 1.05. The summed E-state index contributed by atoms with van der Waals surface area (Å²) in [4.78, 5) is 24.3. The molecule has 1 aliphatic heterocycles. The van der Waals surface area contributed by atoms with E-state index in [0.717, 1.165) is 32.1 Å². The van der Waals surface area contributed by atoms with Gasteiger partial charge in [0.05, 0.1) is 6.61 Å². The second kappa shape index (κ2) is 13.0. The molecule has 0 bridgehead atoms. The Labute approximate surface area is 226 Å². The summed E-state index contributed by atoms with van der Waals surface area (Å²) in [5.74, 6) is -1.02. The highest BCUT2D eigenvalue weighted by molar-refractivity contribution is 7.52. The van der Waals surface area contributed by atoms with E-state index < -0.39 is 56.8 Å². The number of hydrogen-bond donors (Lipinski definition) is 4. The number of primary amides is 1. The molecule has 1 saturated carbocycles. The molecule has 1 aromatic heterocycles. The van der Waals surface area contributed by atoms with E-state index in [9.17, 15) is 24.4 Å². The van der Waals surface area contributed by atoms with E-state index in [1.165, 1.54) is 23.8 Å². The number of nitrogens with two attached hydrogens (primary N) is 1. The van der Waals surface area contributed by atoms with Crippen molar-refractivity contribution in [2.75, 3.05) is 6.61 Å². The summed E-state index contributed by atoms with van der Waals surface area (Å²) in [5, 5.41) is 23.9. The molecule has 6 atom stereocenters. The molecule has 1 aliphatic carbocycles. The lowest BCUT2D eigenvalue weighted by atomic mass is 9.98. The van der Waals surface area contributed by atoms with E-state index in [-0.39, 0.29) is 17.4 Å². The van der Waals surface area contributed by atoms with Crippen LogP contribution < -0.4 is 19.9 Å². The highest BCUT2D eigenvalue weighted by Crippen LogP contribution is 2.46. The Morgan fingerprint density at radius 1 is 1.13 bits per heavy atom. The predicted molar refractivity (Wildman–Crippen MR) is 137 cm³/mol. The smallest absolute Gasteiger partial charge is 0.459 e. The molecule has 0 radical (unpaired) electrons. The van der Waals surface area contributed by atoms with Gasteiger partial charge in [-0.3, -0.25) is 14.1 Å². The van der Waals surface area contributed by atoms with Crippen LogP contribution in [0, 0.1) is 0 Å². The third-order valence-electron chi connectivity index (χ3n) is 6.66. The molecule has 1 aromatic carbocycles. The number of benzene rings is 1. The van der Waals surface area contributed by atoms with Gasteiger partial charge in [-0.2, -0.15) is 9.65 Å². The number of aliphatic hydroxyl groups is 2. The number of nitrogens with zero attached hydrogens (tertiary/aromatic N) is 1. The molecule has 1 saturated heterocycles. The minimum Gasteiger partial charge on any atom is -0.461 e. The predicted octanol–water partition coefficient (Wildman–Crippen LogP) is 1.75.